The van der Waals surface area contributed by atoms with Gasteiger partial charge in [0.05, 0.1) is 12.7 Å². The minimum atomic E-state index is -2.72. The first-order valence-electron chi connectivity index (χ1n) is 5.34. The lowest BCUT2D eigenvalue weighted by atomic mass is 10.2. The van der Waals surface area contributed by atoms with Crippen LogP contribution >= 0.6 is 0 Å². The van der Waals surface area contributed by atoms with Crippen molar-refractivity contribution < 1.29 is 18.4 Å². The molecule has 0 aliphatic rings. The van der Waals surface area contributed by atoms with E-state index in [0.29, 0.717) is 0 Å². The van der Waals surface area contributed by atoms with E-state index >= 15 is 0 Å². The van der Waals surface area contributed by atoms with E-state index in [9.17, 15) is 9.59 Å². The summed E-state index contributed by atoms with van der Waals surface area (Å²) < 4.78 is 25.2. The second kappa shape index (κ2) is 4.41. The molecule has 4 nitrogen and oxygen atoms in total. The zero-order valence-electron chi connectivity index (χ0n) is 10.5. The molecule has 0 aromatic heterocycles. The lowest BCUT2D eigenvalue weighted by molar-refractivity contribution is -0.114. The first-order valence-corrected chi connectivity index (χ1v) is 3.84. The number of ether oxygens (including phenoxy) is 1. The van der Waals surface area contributed by atoms with Crippen molar-refractivity contribution in [3.63, 3.8) is 0 Å². The molecule has 0 heterocycles. The van der Waals surface area contributed by atoms with Crippen LogP contribution < -0.4 is 5.32 Å². The number of hydrogen-bond acceptors (Lipinski definition) is 3. The normalized spacial score (nSPS) is 13.4. The standard InChI is InChI=1S/C10H11NO3/c1-7(12)11-9-5-3-4-8(6-9)10(13)14-2/h3-6H,1-2H3,(H,11,12)/i1D3. The highest BCUT2D eigenvalue weighted by Crippen LogP contribution is 2.11. The molecule has 74 valence electrons. The molecule has 1 amide bonds. The minimum Gasteiger partial charge on any atom is -0.465 e. The number of carbonyl (C=O) groups excluding carboxylic acids is 2. The van der Waals surface area contributed by atoms with Gasteiger partial charge in [-0.2, -0.15) is 0 Å². The number of hydrogen-bond donors (Lipinski definition) is 1. The first-order chi connectivity index (χ1) is 7.84. The Morgan fingerprint density at radius 3 is 2.93 bits per heavy atom. The summed E-state index contributed by atoms with van der Waals surface area (Å²) in [5, 5.41) is 2.19. The van der Waals surface area contributed by atoms with E-state index in [2.05, 4.69) is 10.1 Å². The number of amides is 1. The molecular formula is C10H11NO3. The number of anilines is 1. The Kier molecular flexibility index (Phi) is 2.08. The summed E-state index contributed by atoms with van der Waals surface area (Å²) in [7, 11) is 1.23. The maximum atomic E-state index is 11.2. The van der Waals surface area contributed by atoms with Gasteiger partial charge >= 0.3 is 5.97 Å². The number of rotatable bonds is 2. The van der Waals surface area contributed by atoms with Crippen LogP contribution in [-0.2, 0) is 9.53 Å². The molecule has 1 aromatic rings. The fourth-order valence-electron chi connectivity index (χ4n) is 0.973. The monoisotopic (exact) mass is 196 g/mol. The van der Waals surface area contributed by atoms with Crippen LogP contribution in [0.3, 0.4) is 0 Å². The molecule has 4 heteroatoms. The average molecular weight is 196 g/mol. The van der Waals surface area contributed by atoms with Crippen LogP contribution in [0.4, 0.5) is 5.69 Å². The molecule has 0 unspecified atom stereocenters. The molecule has 14 heavy (non-hydrogen) atoms. The van der Waals surface area contributed by atoms with E-state index in [0.717, 1.165) is 0 Å². The molecule has 0 saturated carbocycles. The SMILES string of the molecule is [2H]C([2H])([2H])C(=O)Nc1cccc(C(=O)OC)c1. The summed E-state index contributed by atoms with van der Waals surface area (Å²) in [5.41, 5.74) is 0.463. The van der Waals surface area contributed by atoms with Crippen LogP contribution in [0, 0.1) is 0 Å². The van der Waals surface area contributed by atoms with E-state index in [-0.39, 0.29) is 11.3 Å². The summed E-state index contributed by atoms with van der Waals surface area (Å²) in [5.74, 6) is -1.66. The Hall–Kier alpha value is -1.84. The van der Waals surface area contributed by atoms with E-state index in [1.165, 1.54) is 31.4 Å². The van der Waals surface area contributed by atoms with Gasteiger partial charge in [0.2, 0.25) is 5.91 Å². The van der Waals surface area contributed by atoms with Gasteiger partial charge in [0.25, 0.3) is 0 Å². The number of carbonyl (C=O) groups is 2. The fourth-order valence-corrected chi connectivity index (χ4v) is 0.973. The van der Waals surface area contributed by atoms with Crippen LogP contribution in [0.2, 0.25) is 0 Å². The summed E-state index contributed by atoms with van der Waals surface area (Å²) in [4.78, 5) is 22.4. The summed E-state index contributed by atoms with van der Waals surface area (Å²) in [6, 6.07) is 5.84. The first kappa shape index (κ1) is 6.59. The van der Waals surface area contributed by atoms with E-state index in [4.69, 9.17) is 4.11 Å². The van der Waals surface area contributed by atoms with Crippen LogP contribution in [0.1, 0.15) is 21.3 Å². The number of benzene rings is 1. The molecule has 0 atom stereocenters. The summed E-state index contributed by atoms with van der Waals surface area (Å²) in [6.07, 6.45) is 0. The number of methoxy groups -OCH3 is 1. The van der Waals surface area contributed by atoms with E-state index in [1.807, 2.05) is 0 Å². The molecule has 0 aliphatic carbocycles. The minimum absolute atomic E-state index is 0.231. The van der Waals surface area contributed by atoms with Gasteiger partial charge in [-0.15, -0.1) is 0 Å². The Morgan fingerprint density at radius 1 is 1.50 bits per heavy atom. The van der Waals surface area contributed by atoms with Gasteiger partial charge < -0.3 is 10.1 Å². The van der Waals surface area contributed by atoms with Crippen LogP contribution in [0.5, 0.6) is 0 Å². The topological polar surface area (TPSA) is 55.4 Å². The van der Waals surface area contributed by atoms with Gasteiger partial charge in [0.15, 0.2) is 0 Å². The van der Waals surface area contributed by atoms with E-state index < -0.39 is 18.7 Å². The molecule has 0 fully saturated rings. The fraction of sp³-hybridized carbons (Fsp3) is 0.200. The lowest BCUT2D eigenvalue weighted by Crippen LogP contribution is -2.07. The molecule has 1 aromatic carbocycles. The highest BCUT2D eigenvalue weighted by molar-refractivity contribution is 5.93. The van der Waals surface area contributed by atoms with Crippen molar-refractivity contribution in [1.29, 1.82) is 0 Å². The van der Waals surface area contributed by atoms with Gasteiger partial charge in [-0.3, -0.25) is 4.79 Å². The molecule has 0 bridgehead atoms. The third-order valence-corrected chi connectivity index (χ3v) is 1.54. The predicted octanol–water partition coefficient (Wildman–Crippen LogP) is 1.43. The molecule has 0 radical (unpaired) electrons. The second-order valence-corrected chi connectivity index (χ2v) is 2.53. The van der Waals surface area contributed by atoms with E-state index in [1.54, 1.807) is 0 Å². The van der Waals surface area contributed by atoms with Crippen LogP contribution in [0.25, 0.3) is 0 Å². The van der Waals surface area contributed by atoms with Crippen molar-refractivity contribution in [2.45, 2.75) is 6.85 Å². The Balaban J connectivity index is 2.87. The largest absolute Gasteiger partial charge is 0.465 e. The molecule has 0 saturated heterocycles. The maximum absolute atomic E-state index is 11.2. The molecular weight excluding hydrogens is 182 g/mol. The smallest absolute Gasteiger partial charge is 0.337 e. The zero-order chi connectivity index (χ0) is 13.1. The quantitative estimate of drug-likeness (QED) is 0.728. The predicted molar refractivity (Wildman–Crippen MR) is 52.1 cm³/mol. The molecule has 1 rings (SSSR count). The van der Waals surface area contributed by atoms with Gasteiger partial charge in [0, 0.05) is 16.7 Å². The summed E-state index contributed by atoms with van der Waals surface area (Å²) >= 11 is 0. The van der Waals surface area contributed by atoms with Crippen LogP contribution in [0.15, 0.2) is 24.3 Å². The molecule has 1 N–H and O–H groups in total. The van der Waals surface area contributed by atoms with Crippen molar-refractivity contribution in [2.24, 2.45) is 0 Å². The third-order valence-electron chi connectivity index (χ3n) is 1.54. The van der Waals surface area contributed by atoms with Crippen molar-refractivity contribution >= 4 is 17.6 Å². The van der Waals surface area contributed by atoms with Gasteiger partial charge in [-0.1, -0.05) is 6.07 Å². The third kappa shape index (κ3) is 2.58. The Labute approximate surface area is 86.1 Å². The Bertz CT molecular complexity index is 443. The lowest BCUT2D eigenvalue weighted by Gasteiger charge is -2.03. The van der Waals surface area contributed by atoms with Crippen molar-refractivity contribution in [3.8, 4) is 0 Å². The van der Waals surface area contributed by atoms with Crippen molar-refractivity contribution in [1.82, 2.24) is 0 Å². The maximum Gasteiger partial charge on any atom is 0.337 e. The van der Waals surface area contributed by atoms with Gasteiger partial charge in [-0.05, 0) is 18.2 Å². The molecule has 0 spiro atoms. The average Bonchev–Trinajstić information content (AvgIpc) is 2.27. The van der Waals surface area contributed by atoms with Gasteiger partial charge in [-0.25, -0.2) is 4.79 Å². The zero-order valence-corrected chi connectivity index (χ0v) is 7.53. The second-order valence-electron chi connectivity index (χ2n) is 2.53. The van der Waals surface area contributed by atoms with Gasteiger partial charge in [0.1, 0.15) is 0 Å². The highest BCUT2D eigenvalue weighted by atomic mass is 16.5. The van der Waals surface area contributed by atoms with Crippen molar-refractivity contribution in [3.05, 3.63) is 29.8 Å². The number of nitrogens with one attached hydrogen (secondary N) is 1. The highest BCUT2D eigenvalue weighted by Gasteiger charge is 2.05. The molecule has 0 aliphatic heterocycles. The summed E-state index contributed by atoms with van der Waals surface area (Å²) in [6.45, 7) is -2.72. The van der Waals surface area contributed by atoms with Crippen LogP contribution in [-0.4, -0.2) is 19.0 Å². The number of esters is 1. The van der Waals surface area contributed by atoms with Crippen molar-refractivity contribution in [2.75, 3.05) is 12.4 Å². The Morgan fingerprint density at radius 2 is 2.29 bits per heavy atom.